The zero-order valence-electron chi connectivity index (χ0n) is 12.1. The zero-order chi connectivity index (χ0) is 16.6. The Morgan fingerprint density at radius 1 is 1.13 bits per heavy atom. The lowest BCUT2D eigenvalue weighted by molar-refractivity contribution is 0.171. The van der Waals surface area contributed by atoms with Gasteiger partial charge in [0.1, 0.15) is 19.0 Å². The second kappa shape index (κ2) is 5.90. The molecule has 5 nitrogen and oxygen atoms in total. The second-order valence-corrected chi connectivity index (χ2v) is 7.08. The van der Waals surface area contributed by atoms with Crippen LogP contribution in [0.25, 0.3) is 0 Å². The number of hydrogen-bond donors (Lipinski definition) is 1. The summed E-state index contributed by atoms with van der Waals surface area (Å²) in [6, 6.07) is 6.61. The van der Waals surface area contributed by atoms with Gasteiger partial charge < -0.3 is 9.47 Å². The van der Waals surface area contributed by atoms with Crippen LogP contribution in [0.2, 0.25) is 5.02 Å². The highest BCUT2D eigenvalue weighted by atomic mass is 35.5. The van der Waals surface area contributed by atoms with Crippen molar-refractivity contribution in [2.75, 3.05) is 17.9 Å². The summed E-state index contributed by atoms with van der Waals surface area (Å²) < 4.78 is 51.5. The fraction of sp³-hybridized carbons (Fsp3) is 0.200. The maximum Gasteiger partial charge on any atom is 0.262 e. The van der Waals surface area contributed by atoms with Crippen LogP contribution in [0, 0.1) is 12.7 Å². The van der Waals surface area contributed by atoms with Crippen molar-refractivity contribution in [1.82, 2.24) is 0 Å². The van der Waals surface area contributed by atoms with Gasteiger partial charge in [0.2, 0.25) is 0 Å². The molecule has 0 aromatic heterocycles. The van der Waals surface area contributed by atoms with Crippen LogP contribution >= 0.6 is 11.6 Å². The first-order valence-electron chi connectivity index (χ1n) is 6.75. The number of aryl methyl sites for hydroxylation is 1. The van der Waals surface area contributed by atoms with E-state index >= 15 is 0 Å². The number of hydrogen-bond acceptors (Lipinski definition) is 4. The lowest BCUT2D eigenvalue weighted by Gasteiger charge is -2.20. The van der Waals surface area contributed by atoms with E-state index in [1.807, 2.05) is 0 Å². The Labute approximate surface area is 138 Å². The lowest BCUT2D eigenvalue weighted by atomic mass is 10.2. The van der Waals surface area contributed by atoms with Crippen LogP contribution in [-0.4, -0.2) is 21.6 Å². The van der Waals surface area contributed by atoms with Crippen LogP contribution in [0.1, 0.15) is 5.56 Å². The van der Waals surface area contributed by atoms with E-state index in [1.165, 1.54) is 24.3 Å². The number of nitrogens with one attached hydrogen (secondary N) is 1. The number of sulfonamides is 1. The van der Waals surface area contributed by atoms with Crippen molar-refractivity contribution < 1.29 is 22.3 Å². The molecule has 0 spiro atoms. The minimum absolute atomic E-state index is 0.136. The summed E-state index contributed by atoms with van der Waals surface area (Å²) in [5.41, 5.74) is 0.498. The van der Waals surface area contributed by atoms with Gasteiger partial charge in [0.15, 0.2) is 11.5 Å². The van der Waals surface area contributed by atoms with Gasteiger partial charge in [-0.2, -0.15) is 0 Å². The molecule has 0 atom stereocenters. The Morgan fingerprint density at radius 2 is 1.78 bits per heavy atom. The number of anilines is 1. The smallest absolute Gasteiger partial charge is 0.262 e. The van der Waals surface area contributed by atoms with Crippen LogP contribution in [-0.2, 0) is 10.0 Å². The molecule has 1 aliphatic rings. The van der Waals surface area contributed by atoms with Crippen molar-refractivity contribution in [2.24, 2.45) is 0 Å². The number of rotatable bonds is 3. The van der Waals surface area contributed by atoms with Gasteiger partial charge in [-0.05, 0) is 24.6 Å². The Morgan fingerprint density at radius 3 is 2.43 bits per heavy atom. The second-order valence-electron chi connectivity index (χ2n) is 4.99. The third-order valence-electron chi connectivity index (χ3n) is 3.33. The van der Waals surface area contributed by atoms with Crippen molar-refractivity contribution in [3.63, 3.8) is 0 Å². The summed E-state index contributed by atoms with van der Waals surface area (Å²) in [6.45, 7) is 2.32. The third-order valence-corrected chi connectivity index (χ3v) is 5.01. The van der Waals surface area contributed by atoms with Gasteiger partial charge in [0.25, 0.3) is 10.0 Å². The van der Waals surface area contributed by atoms with Gasteiger partial charge in [-0.3, -0.25) is 4.72 Å². The highest BCUT2D eigenvalue weighted by Crippen LogP contribution is 2.38. The fourth-order valence-corrected chi connectivity index (χ4v) is 3.43. The predicted octanol–water partition coefficient (Wildman–Crippen LogP) is 3.36. The largest absolute Gasteiger partial charge is 0.486 e. The molecule has 23 heavy (non-hydrogen) atoms. The molecule has 0 fully saturated rings. The maximum atomic E-state index is 13.6. The Bertz CT molecular complexity index is 870. The van der Waals surface area contributed by atoms with Crippen molar-refractivity contribution in [1.29, 1.82) is 0 Å². The molecule has 0 radical (unpaired) electrons. The number of ether oxygens (including phenoxy) is 2. The number of halogens is 2. The molecule has 1 aliphatic heterocycles. The summed E-state index contributed by atoms with van der Waals surface area (Å²) >= 11 is 6.07. The van der Waals surface area contributed by atoms with Crippen LogP contribution < -0.4 is 14.2 Å². The van der Waals surface area contributed by atoms with Crippen LogP contribution in [0.4, 0.5) is 10.1 Å². The molecule has 122 valence electrons. The molecule has 3 rings (SSSR count). The highest BCUT2D eigenvalue weighted by molar-refractivity contribution is 7.92. The molecule has 0 amide bonds. The summed E-state index contributed by atoms with van der Waals surface area (Å²) in [5, 5.41) is 0.158. The topological polar surface area (TPSA) is 64.6 Å². The standard InChI is InChI=1S/C15H13ClFNO4S/c1-9-2-3-10(6-12(9)17)23(19,20)18-13-8-15-14(7-11(13)16)21-4-5-22-15/h2-3,6-8,18H,4-5H2,1H3. The Kier molecular flexibility index (Phi) is 4.08. The van der Waals surface area contributed by atoms with E-state index in [0.29, 0.717) is 30.3 Å². The Hall–Kier alpha value is -1.99. The first-order valence-corrected chi connectivity index (χ1v) is 8.61. The molecule has 0 unspecified atom stereocenters. The summed E-state index contributed by atoms with van der Waals surface area (Å²) in [5.74, 6) is 0.250. The average Bonchev–Trinajstić information content (AvgIpc) is 2.50. The number of fused-ring (bicyclic) bond motifs is 1. The van der Waals surface area contributed by atoms with E-state index in [0.717, 1.165) is 6.07 Å². The van der Waals surface area contributed by atoms with Crippen molar-refractivity contribution in [3.8, 4) is 11.5 Å². The number of benzene rings is 2. The molecule has 0 saturated carbocycles. The first kappa shape index (κ1) is 15.9. The molecule has 0 aliphatic carbocycles. The van der Waals surface area contributed by atoms with Gasteiger partial charge in [-0.1, -0.05) is 17.7 Å². The minimum atomic E-state index is -3.97. The molecular formula is C15H13ClFNO4S. The quantitative estimate of drug-likeness (QED) is 0.914. The average molecular weight is 358 g/mol. The monoisotopic (exact) mass is 357 g/mol. The van der Waals surface area contributed by atoms with Gasteiger partial charge in [0.05, 0.1) is 15.6 Å². The normalized spacial score (nSPS) is 13.7. The van der Waals surface area contributed by atoms with E-state index in [2.05, 4.69) is 4.72 Å². The van der Waals surface area contributed by atoms with E-state index in [-0.39, 0.29) is 15.6 Å². The minimum Gasteiger partial charge on any atom is -0.486 e. The SMILES string of the molecule is Cc1ccc(S(=O)(=O)Nc2cc3c(cc2Cl)OCCO3)cc1F. The molecule has 8 heteroatoms. The van der Waals surface area contributed by atoms with E-state index in [1.54, 1.807) is 6.92 Å². The van der Waals surface area contributed by atoms with Gasteiger partial charge in [-0.25, -0.2) is 12.8 Å². The molecule has 1 N–H and O–H groups in total. The van der Waals surface area contributed by atoms with Crippen molar-refractivity contribution in [2.45, 2.75) is 11.8 Å². The van der Waals surface area contributed by atoms with Crippen LogP contribution in [0.3, 0.4) is 0 Å². The summed E-state index contributed by atoms with van der Waals surface area (Å²) in [6.07, 6.45) is 0. The third kappa shape index (κ3) is 3.20. The molecule has 0 saturated heterocycles. The van der Waals surface area contributed by atoms with Gasteiger partial charge in [-0.15, -0.1) is 0 Å². The van der Waals surface area contributed by atoms with Crippen molar-refractivity contribution in [3.05, 3.63) is 46.7 Å². The van der Waals surface area contributed by atoms with Gasteiger partial charge >= 0.3 is 0 Å². The van der Waals surface area contributed by atoms with E-state index in [9.17, 15) is 12.8 Å². The van der Waals surface area contributed by atoms with E-state index in [4.69, 9.17) is 21.1 Å². The molecule has 1 heterocycles. The predicted molar refractivity (Wildman–Crippen MR) is 84.4 cm³/mol. The van der Waals surface area contributed by atoms with Gasteiger partial charge in [0, 0.05) is 12.1 Å². The van der Waals surface area contributed by atoms with E-state index < -0.39 is 15.8 Å². The van der Waals surface area contributed by atoms with Crippen LogP contribution in [0.5, 0.6) is 11.5 Å². The fourth-order valence-electron chi connectivity index (χ4n) is 2.09. The Balaban J connectivity index is 1.95. The van der Waals surface area contributed by atoms with Crippen LogP contribution in [0.15, 0.2) is 35.2 Å². The lowest BCUT2D eigenvalue weighted by Crippen LogP contribution is -2.17. The maximum absolute atomic E-state index is 13.6. The molecule has 0 bridgehead atoms. The zero-order valence-corrected chi connectivity index (χ0v) is 13.7. The molecule has 2 aromatic carbocycles. The molecule has 2 aromatic rings. The van der Waals surface area contributed by atoms with Crippen molar-refractivity contribution >= 4 is 27.3 Å². The first-order chi connectivity index (χ1) is 10.9. The molecular weight excluding hydrogens is 345 g/mol. The summed E-state index contributed by atoms with van der Waals surface area (Å²) in [4.78, 5) is -0.188. The highest BCUT2D eigenvalue weighted by Gasteiger charge is 2.20. The summed E-state index contributed by atoms with van der Waals surface area (Å²) in [7, 11) is -3.97.